The van der Waals surface area contributed by atoms with Crippen molar-refractivity contribution < 1.29 is 14.3 Å². The summed E-state index contributed by atoms with van der Waals surface area (Å²) in [6.07, 6.45) is 0.176. The van der Waals surface area contributed by atoms with Gasteiger partial charge in [0.2, 0.25) is 0 Å². The molecule has 0 amide bonds. The second-order valence-corrected chi connectivity index (χ2v) is 4.27. The SMILES string of the molecule is C=C(C)C(=O)OCC(c1ccccc1)C1CO1. The highest BCUT2D eigenvalue weighted by molar-refractivity contribution is 5.86. The average Bonchev–Trinajstić information content (AvgIpc) is 3.15. The van der Waals surface area contributed by atoms with E-state index >= 15 is 0 Å². The zero-order valence-corrected chi connectivity index (χ0v) is 9.89. The molecule has 0 spiro atoms. The Morgan fingerprint density at radius 3 is 2.71 bits per heavy atom. The molecule has 1 aromatic carbocycles. The van der Waals surface area contributed by atoms with Crippen LogP contribution in [0.2, 0.25) is 0 Å². The smallest absolute Gasteiger partial charge is 0.333 e. The molecular formula is C14H16O3. The molecule has 17 heavy (non-hydrogen) atoms. The normalized spacial score (nSPS) is 19.5. The van der Waals surface area contributed by atoms with Crippen molar-refractivity contribution >= 4 is 5.97 Å². The Kier molecular flexibility index (Phi) is 3.59. The predicted molar refractivity (Wildman–Crippen MR) is 64.7 cm³/mol. The molecule has 3 heteroatoms. The molecule has 1 aliphatic heterocycles. The maximum atomic E-state index is 11.4. The van der Waals surface area contributed by atoms with Crippen molar-refractivity contribution in [2.75, 3.05) is 13.2 Å². The Morgan fingerprint density at radius 1 is 1.53 bits per heavy atom. The molecule has 0 N–H and O–H groups in total. The fourth-order valence-corrected chi connectivity index (χ4v) is 1.69. The Morgan fingerprint density at radius 2 is 2.18 bits per heavy atom. The first-order valence-corrected chi connectivity index (χ1v) is 5.67. The summed E-state index contributed by atoms with van der Waals surface area (Å²) in [5.74, 6) is -0.217. The number of rotatable bonds is 5. The molecule has 0 radical (unpaired) electrons. The molecule has 2 rings (SSSR count). The Hall–Kier alpha value is -1.61. The molecule has 0 aliphatic carbocycles. The highest BCUT2D eigenvalue weighted by atomic mass is 16.6. The predicted octanol–water partition coefficient (Wildman–Crippen LogP) is 2.29. The van der Waals surface area contributed by atoms with Crippen LogP contribution in [-0.2, 0) is 14.3 Å². The van der Waals surface area contributed by atoms with E-state index < -0.39 is 0 Å². The van der Waals surface area contributed by atoms with Crippen molar-refractivity contribution in [1.82, 2.24) is 0 Å². The third-order valence-electron chi connectivity index (χ3n) is 2.78. The summed E-state index contributed by atoms with van der Waals surface area (Å²) in [6, 6.07) is 9.98. The number of epoxide rings is 1. The Bertz CT molecular complexity index is 407. The summed E-state index contributed by atoms with van der Waals surface area (Å²) < 4.78 is 10.5. The van der Waals surface area contributed by atoms with E-state index in [4.69, 9.17) is 9.47 Å². The maximum absolute atomic E-state index is 11.4. The molecule has 1 fully saturated rings. The lowest BCUT2D eigenvalue weighted by Crippen LogP contribution is -2.17. The third kappa shape index (κ3) is 3.17. The van der Waals surface area contributed by atoms with Gasteiger partial charge in [0.1, 0.15) is 6.61 Å². The maximum Gasteiger partial charge on any atom is 0.333 e. The van der Waals surface area contributed by atoms with Crippen LogP contribution in [0.3, 0.4) is 0 Å². The van der Waals surface area contributed by atoms with E-state index in [1.165, 1.54) is 0 Å². The number of hydrogen-bond acceptors (Lipinski definition) is 3. The molecule has 0 bridgehead atoms. The van der Waals surface area contributed by atoms with Crippen LogP contribution in [0.5, 0.6) is 0 Å². The zero-order valence-electron chi connectivity index (χ0n) is 9.89. The first-order chi connectivity index (χ1) is 8.18. The molecule has 3 nitrogen and oxygen atoms in total. The quantitative estimate of drug-likeness (QED) is 0.444. The molecule has 1 aliphatic rings. The van der Waals surface area contributed by atoms with Crippen LogP contribution in [-0.4, -0.2) is 25.3 Å². The highest BCUT2D eigenvalue weighted by Crippen LogP contribution is 2.30. The van der Waals surface area contributed by atoms with Crippen LogP contribution in [0.4, 0.5) is 0 Å². The first kappa shape index (κ1) is 11.9. The van der Waals surface area contributed by atoms with E-state index in [1.807, 2.05) is 30.3 Å². The van der Waals surface area contributed by atoms with Crippen molar-refractivity contribution in [2.24, 2.45) is 0 Å². The lowest BCUT2D eigenvalue weighted by Gasteiger charge is -2.15. The van der Waals surface area contributed by atoms with Crippen molar-refractivity contribution in [3.05, 3.63) is 48.0 Å². The summed E-state index contributed by atoms with van der Waals surface area (Å²) >= 11 is 0. The van der Waals surface area contributed by atoms with Crippen molar-refractivity contribution in [2.45, 2.75) is 18.9 Å². The molecule has 1 heterocycles. The minimum Gasteiger partial charge on any atom is -0.462 e. The number of benzene rings is 1. The number of carbonyl (C=O) groups excluding carboxylic acids is 1. The van der Waals surface area contributed by atoms with Gasteiger partial charge in [-0.1, -0.05) is 36.9 Å². The summed E-state index contributed by atoms with van der Waals surface area (Å²) in [6.45, 7) is 6.29. The standard InChI is InChI=1S/C14H16O3/c1-10(2)14(15)17-8-12(13-9-16-13)11-6-4-3-5-7-11/h3-7,12-13H,1,8-9H2,2H3. The van der Waals surface area contributed by atoms with Crippen LogP contribution in [0, 0.1) is 0 Å². The summed E-state index contributed by atoms with van der Waals surface area (Å²) in [5, 5.41) is 0. The van der Waals surface area contributed by atoms with Crippen molar-refractivity contribution in [3.63, 3.8) is 0 Å². The average molecular weight is 232 g/mol. The van der Waals surface area contributed by atoms with Crippen LogP contribution < -0.4 is 0 Å². The van der Waals surface area contributed by atoms with Crippen molar-refractivity contribution in [3.8, 4) is 0 Å². The van der Waals surface area contributed by atoms with Gasteiger partial charge in [-0.2, -0.15) is 0 Å². The Labute approximate surface area is 101 Å². The van der Waals surface area contributed by atoms with E-state index in [0.29, 0.717) is 12.2 Å². The lowest BCUT2D eigenvalue weighted by atomic mass is 9.97. The second-order valence-electron chi connectivity index (χ2n) is 4.27. The van der Waals surface area contributed by atoms with Gasteiger partial charge in [0.15, 0.2) is 0 Å². The highest BCUT2D eigenvalue weighted by Gasteiger charge is 2.34. The summed E-state index contributed by atoms with van der Waals surface area (Å²) in [7, 11) is 0. The number of hydrogen-bond donors (Lipinski definition) is 0. The molecule has 2 unspecified atom stereocenters. The van der Waals surface area contributed by atoms with Gasteiger partial charge >= 0.3 is 5.97 Å². The van der Waals surface area contributed by atoms with Crippen molar-refractivity contribution in [1.29, 1.82) is 0 Å². The van der Waals surface area contributed by atoms with E-state index in [2.05, 4.69) is 6.58 Å². The minimum atomic E-state index is -0.341. The summed E-state index contributed by atoms with van der Waals surface area (Å²) in [5.41, 5.74) is 1.57. The fourth-order valence-electron chi connectivity index (χ4n) is 1.69. The van der Waals surface area contributed by atoms with Gasteiger partial charge in [-0.3, -0.25) is 0 Å². The number of ether oxygens (including phenoxy) is 2. The van der Waals surface area contributed by atoms with E-state index in [1.54, 1.807) is 6.92 Å². The molecule has 2 atom stereocenters. The third-order valence-corrected chi connectivity index (χ3v) is 2.78. The van der Waals surface area contributed by atoms with Gasteiger partial charge in [-0.05, 0) is 12.5 Å². The van der Waals surface area contributed by atoms with E-state index in [9.17, 15) is 4.79 Å². The number of carbonyl (C=O) groups is 1. The molecule has 1 saturated heterocycles. The minimum absolute atomic E-state index is 0.125. The molecule has 0 aromatic heterocycles. The van der Waals surface area contributed by atoms with Crippen LogP contribution >= 0.6 is 0 Å². The molecule has 1 aromatic rings. The fraction of sp³-hybridized carbons (Fsp3) is 0.357. The topological polar surface area (TPSA) is 38.8 Å². The number of esters is 1. The van der Waals surface area contributed by atoms with E-state index in [0.717, 1.165) is 12.2 Å². The molecule has 0 saturated carbocycles. The molecule has 90 valence electrons. The zero-order chi connectivity index (χ0) is 12.3. The monoisotopic (exact) mass is 232 g/mol. The van der Waals surface area contributed by atoms with Crippen LogP contribution in [0.25, 0.3) is 0 Å². The van der Waals surface area contributed by atoms with Gasteiger partial charge < -0.3 is 9.47 Å². The van der Waals surface area contributed by atoms with E-state index in [-0.39, 0.29) is 18.0 Å². The largest absolute Gasteiger partial charge is 0.462 e. The second kappa shape index (κ2) is 5.15. The van der Waals surface area contributed by atoms with Crippen LogP contribution in [0.15, 0.2) is 42.5 Å². The lowest BCUT2D eigenvalue weighted by molar-refractivity contribution is -0.139. The van der Waals surface area contributed by atoms with Gasteiger partial charge in [0.05, 0.1) is 12.7 Å². The van der Waals surface area contributed by atoms with Gasteiger partial charge in [0, 0.05) is 11.5 Å². The van der Waals surface area contributed by atoms with Gasteiger partial charge in [-0.15, -0.1) is 0 Å². The Balaban J connectivity index is 1.99. The molecular weight excluding hydrogens is 216 g/mol. The first-order valence-electron chi connectivity index (χ1n) is 5.67. The van der Waals surface area contributed by atoms with Gasteiger partial charge in [-0.25, -0.2) is 4.79 Å². The summed E-state index contributed by atoms with van der Waals surface area (Å²) in [4.78, 5) is 11.4. The van der Waals surface area contributed by atoms with Gasteiger partial charge in [0.25, 0.3) is 0 Å². The van der Waals surface area contributed by atoms with Crippen LogP contribution in [0.1, 0.15) is 18.4 Å².